The van der Waals surface area contributed by atoms with Crippen molar-refractivity contribution < 1.29 is 9.59 Å². The van der Waals surface area contributed by atoms with Crippen LogP contribution in [0.25, 0.3) is 0 Å². The topological polar surface area (TPSA) is 173 Å². The van der Waals surface area contributed by atoms with E-state index in [0.717, 1.165) is 0 Å². The van der Waals surface area contributed by atoms with Crippen LogP contribution in [0.4, 0.5) is 0 Å². The van der Waals surface area contributed by atoms with E-state index in [2.05, 4.69) is 41.5 Å². The van der Waals surface area contributed by atoms with Crippen LogP contribution in [-0.4, -0.2) is 80.3 Å². The minimum atomic E-state index is -0.604. The fraction of sp³-hybridized carbons (Fsp3) is 0.692. The molecule has 3 atom stereocenters. The predicted molar refractivity (Wildman–Crippen MR) is 91.7 cm³/mol. The van der Waals surface area contributed by atoms with Crippen LogP contribution in [0.15, 0.2) is 0 Å². The summed E-state index contributed by atoms with van der Waals surface area (Å²) in [6.07, 6.45) is 0.468. The maximum Gasteiger partial charge on any atom is 0.249 e. The highest BCUT2D eigenvalue weighted by Crippen LogP contribution is 2.56. The van der Waals surface area contributed by atoms with Crippen LogP contribution in [-0.2, 0) is 22.6 Å². The Bertz CT molecular complexity index is 850. The van der Waals surface area contributed by atoms with E-state index in [1.807, 2.05) is 13.8 Å². The second-order valence-corrected chi connectivity index (χ2v) is 8.64. The molecule has 14 heteroatoms. The normalized spacial score (nSPS) is 26.0. The first-order chi connectivity index (χ1) is 12.9. The molecule has 2 aromatic rings. The van der Waals surface area contributed by atoms with Crippen molar-refractivity contribution in [2.45, 2.75) is 49.0 Å². The number of fused-ring (bicyclic) bond motifs is 1. The third-order valence-electron chi connectivity index (χ3n) is 4.63. The first kappa shape index (κ1) is 17.8. The molecular formula is C13H19N11O2S. The summed E-state index contributed by atoms with van der Waals surface area (Å²) in [5.41, 5.74) is 5.51. The Morgan fingerprint density at radius 3 is 2.93 bits per heavy atom. The van der Waals surface area contributed by atoms with Crippen LogP contribution in [0.2, 0.25) is 0 Å². The number of thioether (sulfide) groups is 1. The maximum atomic E-state index is 12.7. The van der Waals surface area contributed by atoms with Crippen molar-refractivity contribution in [3.63, 3.8) is 0 Å². The van der Waals surface area contributed by atoms with Gasteiger partial charge in [0.05, 0.1) is 0 Å². The van der Waals surface area contributed by atoms with Crippen LogP contribution < -0.4 is 11.1 Å². The summed E-state index contributed by atoms with van der Waals surface area (Å²) < 4.78 is 1.07. The molecule has 27 heavy (non-hydrogen) atoms. The number of hydrogen-bond acceptors (Lipinski definition) is 10. The van der Waals surface area contributed by atoms with Crippen LogP contribution in [0.1, 0.15) is 31.5 Å². The summed E-state index contributed by atoms with van der Waals surface area (Å²) in [6.45, 7) is 4.34. The van der Waals surface area contributed by atoms with Gasteiger partial charge in [-0.1, -0.05) is 5.21 Å². The van der Waals surface area contributed by atoms with E-state index in [0.29, 0.717) is 24.6 Å². The van der Waals surface area contributed by atoms with Gasteiger partial charge in [-0.05, 0) is 30.8 Å². The summed E-state index contributed by atoms with van der Waals surface area (Å²) in [5, 5.41) is 27.9. The first-order valence-corrected chi connectivity index (χ1v) is 9.28. The van der Waals surface area contributed by atoms with Crippen molar-refractivity contribution in [3.8, 4) is 0 Å². The molecule has 2 unspecified atom stereocenters. The molecule has 0 bridgehead atoms. The largest absolute Gasteiger partial charge is 0.340 e. The number of carbonyl (C=O) groups is 2. The Labute approximate surface area is 157 Å². The number of tetrazole rings is 2. The van der Waals surface area contributed by atoms with Gasteiger partial charge in [0.2, 0.25) is 11.8 Å². The van der Waals surface area contributed by atoms with E-state index in [-0.39, 0.29) is 34.5 Å². The molecule has 0 radical (unpaired) electrons. The molecule has 4 rings (SSSR count). The Kier molecular flexibility index (Phi) is 4.30. The van der Waals surface area contributed by atoms with E-state index in [1.165, 1.54) is 4.68 Å². The Morgan fingerprint density at radius 1 is 1.41 bits per heavy atom. The van der Waals surface area contributed by atoms with E-state index >= 15 is 0 Å². The van der Waals surface area contributed by atoms with Gasteiger partial charge in [0, 0.05) is 11.2 Å². The molecule has 13 nitrogen and oxygen atoms in total. The lowest BCUT2D eigenvalue weighted by Crippen LogP contribution is -2.68. The van der Waals surface area contributed by atoms with Gasteiger partial charge in [-0.3, -0.25) is 9.59 Å². The number of nitrogens with zero attached hydrogens (tertiary/aromatic N) is 8. The molecule has 0 saturated carbocycles. The minimum Gasteiger partial charge on any atom is -0.340 e. The van der Waals surface area contributed by atoms with E-state index < -0.39 is 6.04 Å². The molecule has 4 heterocycles. The lowest BCUT2D eigenvalue weighted by molar-refractivity contribution is -0.151. The van der Waals surface area contributed by atoms with Gasteiger partial charge in [-0.15, -0.1) is 27.1 Å². The highest BCUT2D eigenvalue weighted by molar-refractivity contribution is 8.01. The van der Waals surface area contributed by atoms with E-state index in [9.17, 15) is 9.59 Å². The van der Waals surface area contributed by atoms with Crippen LogP contribution >= 0.6 is 11.8 Å². The summed E-state index contributed by atoms with van der Waals surface area (Å²) >= 11 is 1.60. The van der Waals surface area contributed by atoms with Crippen LogP contribution in [0.3, 0.4) is 0 Å². The Morgan fingerprint density at radius 2 is 2.22 bits per heavy atom. The highest BCUT2D eigenvalue weighted by Gasteiger charge is 2.63. The molecule has 2 fully saturated rings. The zero-order chi connectivity index (χ0) is 19.2. The number of rotatable bonds is 6. The number of aromatic nitrogens is 8. The van der Waals surface area contributed by atoms with Crippen molar-refractivity contribution >= 4 is 23.6 Å². The number of H-pyrrole nitrogens is 1. The number of nitrogens with one attached hydrogen (secondary N) is 2. The van der Waals surface area contributed by atoms with Crippen molar-refractivity contribution in [1.29, 1.82) is 0 Å². The summed E-state index contributed by atoms with van der Waals surface area (Å²) in [5.74, 6) is 0.496. The maximum absolute atomic E-state index is 12.7. The smallest absolute Gasteiger partial charge is 0.249 e. The van der Waals surface area contributed by atoms with Crippen molar-refractivity contribution in [2.75, 3.05) is 6.54 Å². The predicted octanol–water partition coefficient (Wildman–Crippen LogP) is -2.39. The van der Waals surface area contributed by atoms with Gasteiger partial charge >= 0.3 is 0 Å². The number of aromatic amines is 1. The third-order valence-corrected chi connectivity index (χ3v) is 6.20. The molecule has 2 saturated heterocycles. The molecule has 0 aliphatic carbocycles. The standard InChI is InChI=1S/C13H19N11O2S/c1-13(2)9(10-17-19-20-18-10)24-11(26)8(12(24)27-13)15-7(25)5-23-6(3-4-14)16-21-22-23/h8-9,12H,3-5,14H2,1-2H3,(H,15,25)(H,17,18,19,20)/t8?,9?,12-/m1/s1. The monoisotopic (exact) mass is 393 g/mol. The summed E-state index contributed by atoms with van der Waals surface area (Å²) in [7, 11) is 0. The average Bonchev–Trinajstić information content (AvgIpc) is 3.32. The van der Waals surface area contributed by atoms with Crippen molar-refractivity contribution in [2.24, 2.45) is 5.73 Å². The molecule has 0 aromatic carbocycles. The van der Waals surface area contributed by atoms with Gasteiger partial charge in [-0.2, -0.15) is 5.21 Å². The number of carbonyl (C=O) groups excluding carboxylic acids is 2. The SMILES string of the molecule is CC1(C)S[C@@H]2C(NC(=O)Cn3nnnc3CCN)C(=O)N2C1c1nn[nH]n1. The molecule has 144 valence electrons. The lowest BCUT2D eigenvalue weighted by Gasteiger charge is -2.44. The number of β-lactam (4-membered cyclic amide) rings is 1. The van der Waals surface area contributed by atoms with Crippen LogP contribution in [0, 0.1) is 0 Å². The third kappa shape index (κ3) is 2.93. The molecule has 2 aliphatic heterocycles. The highest BCUT2D eigenvalue weighted by atomic mass is 32.2. The molecule has 0 spiro atoms. The first-order valence-electron chi connectivity index (χ1n) is 8.40. The summed E-state index contributed by atoms with van der Waals surface area (Å²) in [6, 6.07) is -0.907. The minimum absolute atomic E-state index is 0.0683. The lowest BCUT2D eigenvalue weighted by atomic mass is 9.95. The number of nitrogens with two attached hydrogens (primary N) is 1. The van der Waals surface area contributed by atoms with Gasteiger partial charge in [-0.25, -0.2) is 4.68 Å². The second kappa shape index (κ2) is 6.53. The zero-order valence-corrected chi connectivity index (χ0v) is 15.5. The Hall–Kier alpha value is -2.61. The van der Waals surface area contributed by atoms with Gasteiger partial charge in [0.15, 0.2) is 11.6 Å². The fourth-order valence-corrected chi connectivity index (χ4v) is 5.09. The van der Waals surface area contributed by atoms with E-state index in [1.54, 1.807) is 16.7 Å². The van der Waals surface area contributed by atoms with Crippen LogP contribution in [0.5, 0.6) is 0 Å². The molecular weight excluding hydrogens is 374 g/mol. The second-order valence-electron chi connectivity index (χ2n) is 6.87. The van der Waals surface area contributed by atoms with E-state index in [4.69, 9.17) is 5.73 Å². The van der Waals surface area contributed by atoms with Crippen molar-refractivity contribution in [3.05, 3.63) is 11.6 Å². The zero-order valence-electron chi connectivity index (χ0n) is 14.7. The molecule has 2 amide bonds. The molecule has 4 N–H and O–H groups in total. The Balaban J connectivity index is 1.44. The fourth-order valence-electron chi connectivity index (χ4n) is 3.46. The van der Waals surface area contributed by atoms with Gasteiger partial charge in [0.25, 0.3) is 0 Å². The molecule has 2 aromatic heterocycles. The number of hydrogen-bond donors (Lipinski definition) is 3. The summed E-state index contributed by atoms with van der Waals surface area (Å²) in [4.78, 5) is 26.8. The van der Waals surface area contributed by atoms with Crippen molar-refractivity contribution in [1.82, 2.24) is 51.0 Å². The van der Waals surface area contributed by atoms with Gasteiger partial charge < -0.3 is 16.0 Å². The van der Waals surface area contributed by atoms with Gasteiger partial charge in [0.1, 0.15) is 24.0 Å². The molecule has 2 aliphatic rings. The average molecular weight is 393 g/mol. The number of amides is 2. The quantitative estimate of drug-likeness (QED) is 0.449.